The molecule has 0 aliphatic rings. The molecule has 0 bridgehead atoms. The minimum absolute atomic E-state index is 0.899. The van der Waals surface area contributed by atoms with Gasteiger partial charge < -0.3 is 9.47 Å². The van der Waals surface area contributed by atoms with Gasteiger partial charge in [0, 0.05) is 13.2 Å². The van der Waals surface area contributed by atoms with E-state index in [1.165, 1.54) is 24.8 Å². The van der Waals surface area contributed by atoms with Crippen LogP contribution in [-0.4, -0.2) is 20.3 Å². The van der Waals surface area contributed by atoms with Crippen molar-refractivity contribution in [3.63, 3.8) is 0 Å². The van der Waals surface area contributed by atoms with Gasteiger partial charge in [-0.25, -0.2) is 0 Å². The van der Waals surface area contributed by atoms with E-state index >= 15 is 0 Å². The lowest BCUT2D eigenvalue weighted by Crippen LogP contribution is -1.97. The van der Waals surface area contributed by atoms with Crippen molar-refractivity contribution in [3.05, 3.63) is 29.8 Å². The largest absolute Gasteiger partial charge is 0.497 e. The molecule has 0 aliphatic heterocycles. The highest BCUT2D eigenvalue weighted by Gasteiger charge is 1.95. The summed E-state index contributed by atoms with van der Waals surface area (Å²) in [7, 11) is 1.70. The molecule has 2 heteroatoms. The highest BCUT2D eigenvalue weighted by atomic mass is 16.5. The molecule has 0 atom stereocenters. The van der Waals surface area contributed by atoms with Gasteiger partial charge in [0.05, 0.1) is 7.11 Å². The number of hydrogen-bond donors (Lipinski definition) is 0. The standard InChI is InChI=1S/C15H24O2/c1-3-4-12-17-13-6-5-7-14-8-10-15(16-2)11-9-14/h8-11H,3-7,12-13H2,1-2H3. The Labute approximate surface area is 105 Å². The normalized spacial score (nSPS) is 10.5. The first-order valence-corrected chi connectivity index (χ1v) is 6.57. The lowest BCUT2D eigenvalue weighted by Gasteiger charge is -2.04. The minimum Gasteiger partial charge on any atom is -0.497 e. The molecule has 0 amide bonds. The van der Waals surface area contributed by atoms with E-state index < -0.39 is 0 Å². The van der Waals surface area contributed by atoms with Crippen molar-refractivity contribution in [2.75, 3.05) is 20.3 Å². The topological polar surface area (TPSA) is 18.5 Å². The van der Waals surface area contributed by atoms with Crippen LogP contribution in [0.2, 0.25) is 0 Å². The fourth-order valence-corrected chi connectivity index (χ4v) is 1.67. The molecular weight excluding hydrogens is 212 g/mol. The van der Waals surface area contributed by atoms with Crippen LogP contribution in [0, 0.1) is 0 Å². The maximum atomic E-state index is 5.53. The Bertz CT molecular complexity index is 279. The quantitative estimate of drug-likeness (QED) is 0.607. The molecule has 0 heterocycles. The molecule has 0 saturated carbocycles. The average molecular weight is 236 g/mol. The fraction of sp³-hybridized carbons (Fsp3) is 0.600. The predicted octanol–water partition coefficient (Wildman–Crippen LogP) is 3.83. The lowest BCUT2D eigenvalue weighted by molar-refractivity contribution is 0.127. The SMILES string of the molecule is CCCCOCCCCc1ccc(OC)cc1. The van der Waals surface area contributed by atoms with E-state index in [1.54, 1.807) is 7.11 Å². The second kappa shape index (κ2) is 9.06. The third-order valence-corrected chi connectivity index (χ3v) is 2.81. The van der Waals surface area contributed by atoms with E-state index in [9.17, 15) is 0 Å². The van der Waals surface area contributed by atoms with Crippen molar-refractivity contribution in [2.24, 2.45) is 0 Å². The van der Waals surface area contributed by atoms with Crippen molar-refractivity contribution in [1.82, 2.24) is 0 Å². The molecule has 0 aliphatic carbocycles. The summed E-state index contributed by atoms with van der Waals surface area (Å²) in [6.45, 7) is 4.00. The van der Waals surface area contributed by atoms with Gasteiger partial charge in [0.25, 0.3) is 0 Å². The van der Waals surface area contributed by atoms with Gasteiger partial charge in [-0.3, -0.25) is 0 Å². The van der Waals surface area contributed by atoms with E-state index in [1.807, 2.05) is 12.1 Å². The summed E-state index contributed by atoms with van der Waals surface area (Å²) in [5.41, 5.74) is 1.37. The van der Waals surface area contributed by atoms with Gasteiger partial charge in [-0.2, -0.15) is 0 Å². The van der Waals surface area contributed by atoms with Crippen LogP contribution in [-0.2, 0) is 11.2 Å². The van der Waals surface area contributed by atoms with Crippen LogP contribution in [0.4, 0.5) is 0 Å². The maximum Gasteiger partial charge on any atom is 0.118 e. The lowest BCUT2D eigenvalue weighted by atomic mass is 10.1. The van der Waals surface area contributed by atoms with Gasteiger partial charge in [0.2, 0.25) is 0 Å². The summed E-state index contributed by atoms with van der Waals surface area (Å²) >= 11 is 0. The fourth-order valence-electron chi connectivity index (χ4n) is 1.67. The minimum atomic E-state index is 0.899. The Morgan fingerprint density at radius 2 is 1.65 bits per heavy atom. The second-order valence-corrected chi connectivity index (χ2v) is 4.27. The van der Waals surface area contributed by atoms with E-state index in [-0.39, 0.29) is 0 Å². The van der Waals surface area contributed by atoms with Crippen LogP contribution in [0.1, 0.15) is 38.2 Å². The molecule has 2 nitrogen and oxygen atoms in total. The zero-order chi connectivity index (χ0) is 12.3. The van der Waals surface area contributed by atoms with Crippen molar-refractivity contribution in [2.45, 2.75) is 39.0 Å². The van der Waals surface area contributed by atoms with E-state index in [0.717, 1.165) is 31.8 Å². The molecule has 0 spiro atoms. The molecular formula is C15H24O2. The van der Waals surface area contributed by atoms with E-state index in [4.69, 9.17) is 9.47 Å². The van der Waals surface area contributed by atoms with Gasteiger partial charge >= 0.3 is 0 Å². The van der Waals surface area contributed by atoms with Crippen LogP contribution in [0.15, 0.2) is 24.3 Å². The number of unbranched alkanes of at least 4 members (excludes halogenated alkanes) is 2. The van der Waals surface area contributed by atoms with Crippen molar-refractivity contribution >= 4 is 0 Å². The number of aryl methyl sites for hydroxylation is 1. The molecule has 0 fully saturated rings. The molecule has 0 aromatic heterocycles. The zero-order valence-corrected chi connectivity index (χ0v) is 11.1. The Balaban J connectivity index is 2.05. The van der Waals surface area contributed by atoms with E-state index in [2.05, 4.69) is 19.1 Å². The Morgan fingerprint density at radius 1 is 0.941 bits per heavy atom. The van der Waals surface area contributed by atoms with Crippen LogP contribution in [0.25, 0.3) is 0 Å². The number of hydrogen-bond acceptors (Lipinski definition) is 2. The molecule has 1 aromatic carbocycles. The first-order valence-electron chi connectivity index (χ1n) is 6.57. The predicted molar refractivity (Wildman–Crippen MR) is 71.7 cm³/mol. The average Bonchev–Trinajstić information content (AvgIpc) is 2.38. The summed E-state index contributed by atoms with van der Waals surface area (Å²) in [5, 5.41) is 0. The third-order valence-electron chi connectivity index (χ3n) is 2.81. The second-order valence-electron chi connectivity index (χ2n) is 4.27. The van der Waals surface area contributed by atoms with Crippen molar-refractivity contribution in [1.29, 1.82) is 0 Å². The summed E-state index contributed by atoms with van der Waals surface area (Å²) in [4.78, 5) is 0. The van der Waals surface area contributed by atoms with Crippen molar-refractivity contribution < 1.29 is 9.47 Å². The first kappa shape index (κ1) is 14.0. The molecule has 0 unspecified atom stereocenters. The van der Waals surface area contributed by atoms with Crippen molar-refractivity contribution in [3.8, 4) is 5.75 Å². The molecule has 0 saturated heterocycles. The van der Waals surface area contributed by atoms with Crippen LogP contribution >= 0.6 is 0 Å². The van der Waals surface area contributed by atoms with Crippen LogP contribution < -0.4 is 4.74 Å². The highest BCUT2D eigenvalue weighted by molar-refractivity contribution is 5.27. The number of rotatable bonds is 9. The number of methoxy groups -OCH3 is 1. The number of benzene rings is 1. The molecule has 0 N–H and O–H groups in total. The van der Waals surface area contributed by atoms with Gasteiger partial charge in [0.1, 0.15) is 5.75 Å². The van der Waals surface area contributed by atoms with Gasteiger partial charge in [-0.15, -0.1) is 0 Å². The molecule has 1 aromatic rings. The summed E-state index contributed by atoms with van der Waals surface area (Å²) in [5.74, 6) is 0.927. The molecule has 96 valence electrons. The summed E-state index contributed by atoms with van der Waals surface area (Å²) in [6.07, 6.45) is 5.86. The summed E-state index contributed by atoms with van der Waals surface area (Å²) < 4.78 is 10.7. The smallest absolute Gasteiger partial charge is 0.118 e. The zero-order valence-electron chi connectivity index (χ0n) is 11.1. The van der Waals surface area contributed by atoms with Crippen LogP contribution in [0.3, 0.4) is 0 Å². The van der Waals surface area contributed by atoms with Gasteiger partial charge in [-0.05, 0) is 43.4 Å². The highest BCUT2D eigenvalue weighted by Crippen LogP contribution is 2.13. The Kier molecular flexibility index (Phi) is 7.48. The van der Waals surface area contributed by atoms with Gasteiger partial charge in [-0.1, -0.05) is 25.5 Å². The summed E-state index contributed by atoms with van der Waals surface area (Å²) in [6, 6.07) is 8.31. The van der Waals surface area contributed by atoms with E-state index in [0.29, 0.717) is 0 Å². The Morgan fingerprint density at radius 3 is 2.29 bits per heavy atom. The molecule has 17 heavy (non-hydrogen) atoms. The Hall–Kier alpha value is -1.02. The maximum absolute atomic E-state index is 5.53. The molecule has 0 radical (unpaired) electrons. The monoisotopic (exact) mass is 236 g/mol. The van der Waals surface area contributed by atoms with Gasteiger partial charge in [0.15, 0.2) is 0 Å². The first-order chi connectivity index (χ1) is 8.36. The number of ether oxygens (including phenoxy) is 2. The molecule has 1 rings (SSSR count). The van der Waals surface area contributed by atoms with Crippen LogP contribution in [0.5, 0.6) is 5.75 Å². The third kappa shape index (κ3) is 6.32.